The Labute approximate surface area is 171 Å². The second kappa shape index (κ2) is 10.5. The number of nitrogens with zero attached hydrogens (tertiary/aromatic N) is 1. The molecule has 1 heterocycles. The number of carbonyl (C=O) groups excluding carboxylic acids is 1. The average Bonchev–Trinajstić information content (AvgIpc) is 2.74. The third-order valence-corrected chi connectivity index (χ3v) is 5.04. The number of benzene rings is 2. The monoisotopic (exact) mass is 402 g/mol. The van der Waals surface area contributed by atoms with Crippen LogP contribution in [0.15, 0.2) is 48.5 Å². The summed E-state index contributed by atoms with van der Waals surface area (Å²) >= 11 is 6.04. The first-order valence-electron chi connectivity index (χ1n) is 9.75. The molecule has 3 rings (SSSR count). The maximum Gasteiger partial charge on any atom is 0.251 e. The number of amides is 1. The van der Waals surface area contributed by atoms with Crippen LogP contribution in [0.1, 0.15) is 35.3 Å². The third-order valence-electron chi connectivity index (χ3n) is 4.79. The predicted octanol–water partition coefficient (Wildman–Crippen LogP) is 3.93. The van der Waals surface area contributed by atoms with Gasteiger partial charge >= 0.3 is 0 Å². The predicted molar refractivity (Wildman–Crippen MR) is 111 cm³/mol. The highest BCUT2D eigenvalue weighted by Gasteiger charge is 2.23. The van der Waals surface area contributed by atoms with E-state index in [0.29, 0.717) is 37.0 Å². The van der Waals surface area contributed by atoms with Crippen molar-refractivity contribution in [3.8, 4) is 5.75 Å². The molecular formula is C22H27ClN2O3. The van der Waals surface area contributed by atoms with Gasteiger partial charge in [0.2, 0.25) is 0 Å². The fraction of sp³-hybridized carbons (Fsp3) is 0.409. The minimum atomic E-state index is -0.0886. The fourth-order valence-corrected chi connectivity index (χ4v) is 3.37. The molecule has 28 heavy (non-hydrogen) atoms. The van der Waals surface area contributed by atoms with E-state index < -0.39 is 0 Å². The molecule has 0 saturated carbocycles. The summed E-state index contributed by atoms with van der Waals surface area (Å²) in [5.41, 5.74) is 1.76. The van der Waals surface area contributed by atoms with Crippen molar-refractivity contribution in [2.45, 2.75) is 19.4 Å². The molecule has 0 unspecified atom stereocenters. The Balaban J connectivity index is 1.65. The standard InChI is InChI=1S/C22H27ClN2O3/c1-2-13-28-20-9-5-18(6-10-20)22(26)24-16-21(25-11-14-27-15-12-25)17-3-7-19(23)8-4-17/h3-10,21H,2,11-16H2,1H3,(H,24,26)/t21-/m0/s1. The van der Waals surface area contributed by atoms with Gasteiger partial charge in [0.1, 0.15) is 5.75 Å². The molecule has 0 spiro atoms. The minimum absolute atomic E-state index is 0.0808. The average molecular weight is 403 g/mol. The normalized spacial score (nSPS) is 15.8. The first kappa shape index (κ1) is 20.6. The maximum absolute atomic E-state index is 12.6. The van der Waals surface area contributed by atoms with Crippen LogP contribution in [0.25, 0.3) is 0 Å². The number of morpholine rings is 1. The van der Waals surface area contributed by atoms with Crippen LogP contribution in [0.4, 0.5) is 0 Å². The quantitative estimate of drug-likeness (QED) is 0.726. The van der Waals surface area contributed by atoms with Gasteiger partial charge in [-0.05, 0) is 48.4 Å². The molecule has 2 aromatic carbocycles. The molecule has 150 valence electrons. The molecule has 1 saturated heterocycles. The summed E-state index contributed by atoms with van der Waals surface area (Å²) in [5.74, 6) is 0.694. The molecule has 1 aliphatic rings. The Kier molecular flexibility index (Phi) is 7.71. The Morgan fingerprint density at radius 1 is 1.14 bits per heavy atom. The van der Waals surface area contributed by atoms with Crippen molar-refractivity contribution in [3.63, 3.8) is 0 Å². The number of carbonyl (C=O) groups is 1. The van der Waals surface area contributed by atoms with E-state index in [4.69, 9.17) is 21.1 Å². The molecule has 0 aliphatic carbocycles. The SMILES string of the molecule is CCCOc1ccc(C(=O)NC[C@@H](c2ccc(Cl)cc2)N2CCOCC2)cc1. The maximum atomic E-state index is 12.6. The largest absolute Gasteiger partial charge is 0.494 e. The van der Waals surface area contributed by atoms with Crippen molar-refractivity contribution >= 4 is 17.5 Å². The first-order valence-corrected chi connectivity index (χ1v) is 10.1. The van der Waals surface area contributed by atoms with Crippen molar-refractivity contribution in [1.29, 1.82) is 0 Å². The van der Waals surface area contributed by atoms with Gasteiger partial charge in [-0.3, -0.25) is 9.69 Å². The van der Waals surface area contributed by atoms with Crippen molar-refractivity contribution in [1.82, 2.24) is 10.2 Å². The van der Waals surface area contributed by atoms with Gasteiger partial charge in [-0.1, -0.05) is 30.7 Å². The van der Waals surface area contributed by atoms with Gasteiger partial charge in [-0.15, -0.1) is 0 Å². The van der Waals surface area contributed by atoms with Gasteiger partial charge in [-0.2, -0.15) is 0 Å². The summed E-state index contributed by atoms with van der Waals surface area (Å²) in [6, 6.07) is 15.2. The molecule has 6 heteroatoms. The number of ether oxygens (including phenoxy) is 2. The second-order valence-corrected chi connectivity index (χ2v) is 7.23. The summed E-state index contributed by atoms with van der Waals surface area (Å²) in [6.07, 6.45) is 0.954. The van der Waals surface area contributed by atoms with Gasteiger partial charge < -0.3 is 14.8 Å². The van der Waals surface area contributed by atoms with Gasteiger partial charge in [0.25, 0.3) is 5.91 Å². The smallest absolute Gasteiger partial charge is 0.251 e. The Morgan fingerprint density at radius 2 is 1.82 bits per heavy atom. The zero-order valence-electron chi connectivity index (χ0n) is 16.2. The number of rotatable bonds is 8. The number of hydrogen-bond acceptors (Lipinski definition) is 4. The molecule has 0 aromatic heterocycles. The Bertz CT molecular complexity index is 743. The van der Waals surface area contributed by atoms with Crippen molar-refractivity contribution in [2.75, 3.05) is 39.5 Å². The van der Waals surface area contributed by atoms with Crippen LogP contribution in [0.3, 0.4) is 0 Å². The first-order chi connectivity index (χ1) is 13.7. The molecule has 1 atom stereocenters. The number of halogens is 1. The molecule has 2 aromatic rings. The summed E-state index contributed by atoms with van der Waals surface area (Å²) in [7, 11) is 0. The lowest BCUT2D eigenvalue weighted by atomic mass is 10.0. The van der Waals surface area contributed by atoms with Crippen LogP contribution >= 0.6 is 11.6 Å². The van der Waals surface area contributed by atoms with E-state index >= 15 is 0 Å². The van der Waals surface area contributed by atoms with E-state index in [1.807, 2.05) is 36.4 Å². The lowest BCUT2D eigenvalue weighted by Crippen LogP contribution is -2.43. The van der Waals surface area contributed by atoms with Crippen LogP contribution in [0.5, 0.6) is 5.75 Å². The molecule has 1 amide bonds. The highest BCUT2D eigenvalue weighted by molar-refractivity contribution is 6.30. The highest BCUT2D eigenvalue weighted by Crippen LogP contribution is 2.23. The summed E-state index contributed by atoms with van der Waals surface area (Å²) in [4.78, 5) is 15.0. The van der Waals surface area contributed by atoms with E-state index in [0.717, 1.165) is 30.8 Å². The van der Waals surface area contributed by atoms with Gasteiger partial charge in [-0.25, -0.2) is 0 Å². The van der Waals surface area contributed by atoms with Gasteiger partial charge in [0.05, 0.1) is 25.9 Å². The molecule has 1 N–H and O–H groups in total. The fourth-order valence-electron chi connectivity index (χ4n) is 3.25. The molecule has 1 aliphatic heterocycles. The van der Waals surface area contributed by atoms with E-state index in [2.05, 4.69) is 17.1 Å². The Hall–Kier alpha value is -2.08. The zero-order valence-corrected chi connectivity index (χ0v) is 17.0. The number of hydrogen-bond donors (Lipinski definition) is 1. The summed E-state index contributed by atoms with van der Waals surface area (Å²) in [6.45, 7) is 6.35. The lowest BCUT2D eigenvalue weighted by molar-refractivity contribution is 0.0162. The van der Waals surface area contributed by atoms with Crippen LogP contribution < -0.4 is 10.1 Å². The van der Waals surface area contributed by atoms with Crippen molar-refractivity contribution in [3.05, 3.63) is 64.7 Å². The molecule has 5 nitrogen and oxygen atoms in total. The second-order valence-electron chi connectivity index (χ2n) is 6.80. The van der Waals surface area contributed by atoms with Gasteiger partial charge in [0.15, 0.2) is 0 Å². The zero-order chi connectivity index (χ0) is 19.8. The third kappa shape index (κ3) is 5.71. The van der Waals surface area contributed by atoms with E-state index in [-0.39, 0.29) is 11.9 Å². The van der Waals surface area contributed by atoms with Crippen LogP contribution in [0.2, 0.25) is 5.02 Å². The van der Waals surface area contributed by atoms with Crippen LogP contribution in [-0.4, -0.2) is 50.3 Å². The van der Waals surface area contributed by atoms with Crippen LogP contribution in [0, 0.1) is 0 Å². The molecule has 0 bridgehead atoms. The van der Waals surface area contributed by atoms with Gasteiger partial charge in [0, 0.05) is 30.2 Å². The minimum Gasteiger partial charge on any atom is -0.494 e. The summed E-state index contributed by atoms with van der Waals surface area (Å²) in [5, 5.41) is 3.78. The summed E-state index contributed by atoms with van der Waals surface area (Å²) < 4.78 is 11.1. The van der Waals surface area contributed by atoms with Crippen LogP contribution in [-0.2, 0) is 4.74 Å². The topological polar surface area (TPSA) is 50.8 Å². The molecule has 1 fully saturated rings. The molecular weight excluding hydrogens is 376 g/mol. The Morgan fingerprint density at radius 3 is 2.46 bits per heavy atom. The van der Waals surface area contributed by atoms with Crippen molar-refractivity contribution < 1.29 is 14.3 Å². The van der Waals surface area contributed by atoms with E-state index in [1.165, 1.54) is 0 Å². The highest BCUT2D eigenvalue weighted by atomic mass is 35.5. The van der Waals surface area contributed by atoms with E-state index in [1.54, 1.807) is 12.1 Å². The molecule has 0 radical (unpaired) electrons. The number of nitrogens with one attached hydrogen (secondary N) is 1. The van der Waals surface area contributed by atoms with Crippen molar-refractivity contribution in [2.24, 2.45) is 0 Å². The van der Waals surface area contributed by atoms with E-state index in [9.17, 15) is 4.79 Å². The lowest BCUT2D eigenvalue weighted by Gasteiger charge is -2.35.